The molecule has 0 unspecified atom stereocenters. The third-order valence-corrected chi connectivity index (χ3v) is 3.50. The first-order valence-corrected chi connectivity index (χ1v) is 6.84. The highest BCUT2D eigenvalue weighted by atomic mass is 79.9. The van der Waals surface area contributed by atoms with Crippen LogP contribution in [0.3, 0.4) is 0 Å². The molecule has 0 amide bonds. The zero-order valence-corrected chi connectivity index (χ0v) is 11.9. The molecule has 0 aliphatic carbocycles. The minimum atomic E-state index is -0.0896. The summed E-state index contributed by atoms with van der Waals surface area (Å²) in [6, 6.07) is 5.31. The van der Waals surface area contributed by atoms with Crippen LogP contribution in [0.2, 0.25) is 0 Å². The number of carbonyl (C=O) groups excluding carboxylic acids is 1. The number of hydrogen-bond donors (Lipinski definition) is 0. The van der Waals surface area contributed by atoms with Crippen molar-refractivity contribution in [1.29, 1.82) is 0 Å². The topological polar surface area (TPSA) is 39.1 Å². The predicted molar refractivity (Wildman–Crippen MR) is 76.6 cm³/mol. The third kappa shape index (κ3) is 2.49. The Labute approximate surface area is 117 Å². The Hall–Kier alpha value is -1.13. The average Bonchev–Trinajstić information content (AvgIpc) is 2.38. The molecule has 1 aromatic heterocycles. The number of benzene rings is 1. The number of hydrogen-bond acceptors (Lipinski definition) is 2. The fourth-order valence-corrected chi connectivity index (χ4v) is 2.36. The summed E-state index contributed by atoms with van der Waals surface area (Å²) < 4.78 is 2.39. The van der Waals surface area contributed by atoms with Gasteiger partial charge in [-0.05, 0) is 24.6 Å². The maximum atomic E-state index is 12.2. The average molecular weight is 329 g/mol. The van der Waals surface area contributed by atoms with Crippen LogP contribution < -0.4 is 5.56 Å². The molecule has 1 aromatic carbocycles. The molecule has 0 N–H and O–H groups in total. The number of fused-ring (bicyclic) bond motifs is 1. The minimum Gasteiger partial charge on any atom is -0.314 e. The normalized spacial score (nSPS) is 10.8. The van der Waals surface area contributed by atoms with Crippen molar-refractivity contribution in [3.8, 4) is 0 Å². The molecule has 0 bridgehead atoms. The Morgan fingerprint density at radius 2 is 2.11 bits per heavy atom. The van der Waals surface area contributed by atoms with Crippen molar-refractivity contribution in [2.24, 2.45) is 0 Å². The summed E-state index contributed by atoms with van der Waals surface area (Å²) in [5.41, 5.74) is 0.425. The number of halogens is 2. The van der Waals surface area contributed by atoms with Crippen molar-refractivity contribution in [2.75, 3.05) is 5.88 Å². The standard InChI is InChI=1S/C13H11BrClNO2/c14-10-2-3-11-12(6-10)9(8-17)7-16(13(11)18)5-1-4-15/h2-3,6-8H,1,4-5H2. The van der Waals surface area contributed by atoms with Crippen LogP contribution in [0.25, 0.3) is 10.8 Å². The third-order valence-electron chi connectivity index (χ3n) is 2.74. The van der Waals surface area contributed by atoms with Crippen LogP contribution >= 0.6 is 27.5 Å². The lowest BCUT2D eigenvalue weighted by Crippen LogP contribution is -2.21. The summed E-state index contributed by atoms with van der Waals surface area (Å²) in [6.07, 6.45) is 3.06. The molecular formula is C13H11BrClNO2. The fourth-order valence-electron chi connectivity index (χ4n) is 1.88. The van der Waals surface area contributed by atoms with Crippen LogP contribution in [-0.4, -0.2) is 16.7 Å². The van der Waals surface area contributed by atoms with Crippen molar-refractivity contribution in [3.63, 3.8) is 0 Å². The SMILES string of the molecule is O=Cc1cn(CCCCl)c(=O)c2ccc(Br)cc12. The van der Waals surface area contributed by atoms with E-state index < -0.39 is 0 Å². The minimum absolute atomic E-state index is 0.0896. The van der Waals surface area contributed by atoms with Gasteiger partial charge in [0.05, 0.1) is 0 Å². The molecule has 0 saturated heterocycles. The quantitative estimate of drug-likeness (QED) is 0.638. The van der Waals surface area contributed by atoms with Gasteiger partial charge in [-0.25, -0.2) is 0 Å². The van der Waals surface area contributed by atoms with E-state index in [0.29, 0.717) is 35.2 Å². The van der Waals surface area contributed by atoms with Gasteiger partial charge >= 0.3 is 0 Å². The largest absolute Gasteiger partial charge is 0.314 e. The number of pyridine rings is 1. The van der Waals surface area contributed by atoms with E-state index in [4.69, 9.17) is 11.6 Å². The van der Waals surface area contributed by atoms with E-state index in [9.17, 15) is 9.59 Å². The lowest BCUT2D eigenvalue weighted by molar-refractivity contribution is 0.112. The molecule has 0 spiro atoms. The Kier molecular flexibility index (Phi) is 4.19. The Morgan fingerprint density at radius 1 is 1.33 bits per heavy atom. The maximum Gasteiger partial charge on any atom is 0.258 e. The fraction of sp³-hybridized carbons (Fsp3) is 0.231. The van der Waals surface area contributed by atoms with Crippen LogP contribution in [-0.2, 0) is 6.54 Å². The van der Waals surface area contributed by atoms with Crippen LogP contribution in [0.4, 0.5) is 0 Å². The van der Waals surface area contributed by atoms with Crippen molar-refractivity contribution in [2.45, 2.75) is 13.0 Å². The summed E-state index contributed by atoms with van der Waals surface area (Å²) in [5, 5.41) is 1.23. The van der Waals surface area contributed by atoms with Gasteiger partial charge in [0, 0.05) is 39.4 Å². The van der Waals surface area contributed by atoms with E-state index in [0.717, 1.165) is 10.8 Å². The molecule has 0 atom stereocenters. The second-order valence-corrected chi connectivity index (χ2v) is 5.23. The van der Waals surface area contributed by atoms with Gasteiger partial charge in [-0.3, -0.25) is 9.59 Å². The molecule has 18 heavy (non-hydrogen) atoms. The van der Waals surface area contributed by atoms with Gasteiger partial charge < -0.3 is 4.57 Å². The van der Waals surface area contributed by atoms with Gasteiger partial charge in [0.1, 0.15) is 0 Å². The van der Waals surface area contributed by atoms with Gasteiger partial charge in [-0.2, -0.15) is 0 Å². The molecule has 2 aromatic rings. The monoisotopic (exact) mass is 327 g/mol. The maximum absolute atomic E-state index is 12.2. The molecule has 2 rings (SSSR count). The zero-order chi connectivity index (χ0) is 13.1. The predicted octanol–water partition coefficient (Wildman–Crippen LogP) is 3.21. The van der Waals surface area contributed by atoms with E-state index in [1.165, 1.54) is 0 Å². The highest BCUT2D eigenvalue weighted by molar-refractivity contribution is 9.10. The van der Waals surface area contributed by atoms with Crippen molar-refractivity contribution in [1.82, 2.24) is 4.57 Å². The van der Waals surface area contributed by atoms with Crippen molar-refractivity contribution >= 4 is 44.6 Å². The van der Waals surface area contributed by atoms with Crippen LogP contribution in [0.15, 0.2) is 33.7 Å². The highest BCUT2D eigenvalue weighted by Gasteiger charge is 2.08. The van der Waals surface area contributed by atoms with E-state index in [1.54, 1.807) is 29.0 Å². The lowest BCUT2D eigenvalue weighted by atomic mass is 10.1. The molecule has 0 saturated carbocycles. The van der Waals surface area contributed by atoms with Gasteiger partial charge in [-0.1, -0.05) is 15.9 Å². The molecule has 1 heterocycles. The van der Waals surface area contributed by atoms with Gasteiger partial charge in [0.2, 0.25) is 0 Å². The molecule has 0 aliphatic rings. The summed E-state index contributed by atoms with van der Waals surface area (Å²) in [4.78, 5) is 23.3. The molecule has 94 valence electrons. The summed E-state index contributed by atoms with van der Waals surface area (Å²) in [7, 11) is 0. The molecule has 3 nitrogen and oxygen atoms in total. The molecule has 0 aliphatic heterocycles. The van der Waals surface area contributed by atoms with E-state index >= 15 is 0 Å². The number of nitrogens with zero attached hydrogens (tertiary/aromatic N) is 1. The van der Waals surface area contributed by atoms with Crippen LogP contribution in [0, 0.1) is 0 Å². The Bertz CT molecular complexity index is 651. The number of aryl methyl sites for hydroxylation is 1. The molecular weight excluding hydrogens is 318 g/mol. The number of carbonyl (C=O) groups is 1. The summed E-state index contributed by atoms with van der Waals surface area (Å²) in [5.74, 6) is 0.487. The Morgan fingerprint density at radius 3 is 2.78 bits per heavy atom. The second kappa shape index (κ2) is 5.67. The first kappa shape index (κ1) is 13.3. The van der Waals surface area contributed by atoms with Gasteiger partial charge in [0.15, 0.2) is 6.29 Å². The van der Waals surface area contributed by atoms with Gasteiger partial charge in [-0.15, -0.1) is 11.6 Å². The molecule has 0 fully saturated rings. The number of rotatable bonds is 4. The lowest BCUT2D eigenvalue weighted by Gasteiger charge is -2.08. The first-order valence-electron chi connectivity index (χ1n) is 5.51. The van der Waals surface area contributed by atoms with Crippen LogP contribution in [0.1, 0.15) is 16.8 Å². The molecule has 0 radical (unpaired) electrons. The number of alkyl halides is 1. The second-order valence-electron chi connectivity index (χ2n) is 3.93. The first-order chi connectivity index (χ1) is 8.67. The van der Waals surface area contributed by atoms with E-state index in [-0.39, 0.29) is 5.56 Å². The van der Waals surface area contributed by atoms with Gasteiger partial charge in [0.25, 0.3) is 5.56 Å². The number of aldehydes is 1. The smallest absolute Gasteiger partial charge is 0.258 e. The summed E-state index contributed by atoms with van der Waals surface area (Å²) in [6.45, 7) is 0.523. The van der Waals surface area contributed by atoms with E-state index in [2.05, 4.69) is 15.9 Å². The Balaban J connectivity index is 2.70. The van der Waals surface area contributed by atoms with Crippen molar-refractivity contribution in [3.05, 3.63) is 44.8 Å². The van der Waals surface area contributed by atoms with Crippen LogP contribution in [0.5, 0.6) is 0 Å². The van der Waals surface area contributed by atoms with Crippen molar-refractivity contribution < 1.29 is 4.79 Å². The number of aromatic nitrogens is 1. The zero-order valence-electron chi connectivity index (χ0n) is 9.53. The summed E-state index contributed by atoms with van der Waals surface area (Å²) >= 11 is 8.96. The van der Waals surface area contributed by atoms with E-state index in [1.807, 2.05) is 0 Å². The molecule has 5 heteroatoms. The highest BCUT2D eigenvalue weighted by Crippen LogP contribution is 2.20.